The molecule has 0 bridgehead atoms. The molecule has 3 atom stereocenters. The van der Waals surface area contributed by atoms with Gasteiger partial charge in [-0.3, -0.25) is 14.4 Å². The number of hydrogen-bond acceptors (Lipinski definition) is 7. The Hall–Kier alpha value is -2.34. The molecule has 0 aromatic rings. The molecule has 0 aliphatic heterocycles. The van der Waals surface area contributed by atoms with Gasteiger partial charge in [-0.15, -0.1) is 0 Å². The first-order chi connectivity index (χ1) is 11.5. The number of aliphatic carboxylic acids is 3. The average Bonchev–Trinajstić information content (AvgIpc) is 2.49. The van der Waals surface area contributed by atoms with Gasteiger partial charge in [0.1, 0.15) is 18.1 Å². The second kappa shape index (κ2) is 11.3. The maximum atomic E-state index is 11.8. The van der Waals surface area contributed by atoms with Gasteiger partial charge in [0.15, 0.2) is 0 Å². The lowest BCUT2D eigenvalue weighted by Gasteiger charge is -2.16. The van der Waals surface area contributed by atoms with Crippen LogP contribution in [0.1, 0.15) is 19.8 Å². The predicted molar refractivity (Wildman–Crippen MR) is 87.0 cm³/mol. The van der Waals surface area contributed by atoms with E-state index in [2.05, 4.69) is 10.6 Å². The van der Waals surface area contributed by atoms with Crippen molar-refractivity contribution in [2.45, 2.75) is 37.9 Å². The topological polar surface area (TPSA) is 196 Å². The van der Waals surface area contributed by atoms with E-state index in [4.69, 9.17) is 21.1 Å². The number of thioether (sulfide) groups is 1. The van der Waals surface area contributed by atoms with E-state index in [0.717, 1.165) is 18.7 Å². The SMILES string of the molecule is CC(=O)N[C@H](CCC(=O)N[C@H](CSC[C@H](N)C(=O)O)C(=O)O)C(=O)O. The van der Waals surface area contributed by atoms with Crippen LogP contribution in [0, 0.1) is 0 Å². The predicted octanol–water partition coefficient (Wildman–Crippen LogP) is -1.93. The molecule has 0 spiro atoms. The van der Waals surface area contributed by atoms with Crippen LogP contribution in [0.3, 0.4) is 0 Å². The van der Waals surface area contributed by atoms with Crippen LogP contribution in [0.25, 0.3) is 0 Å². The van der Waals surface area contributed by atoms with Gasteiger partial charge in [-0.25, -0.2) is 9.59 Å². The number of nitrogens with two attached hydrogens (primary N) is 1. The molecular formula is C13H21N3O8S. The summed E-state index contributed by atoms with van der Waals surface area (Å²) in [5.41, 5.74) is 5.28. The van der Waals surface area contributed by atoms with Crippen molar-refractivity contribution in [3.8, 4) is 0 Å². The smallest absolute Gasteiger partial charge is 0.327 e. The summed E-state index contributed by atoms with van der Waals surface area (Å²) in [6.07, 6.45) is -0.509. The molecule has 0 aromatic carbocycles. The number of hydrogen-bond donors (Lipinski definition) is 6. The largest absolute Gasteiger partial charge is 0.480 e. The molecule has 0 aliphatic rings. The van der Waals surface area contributed by atoms with Crippen molar-refractivity contribution in [2.75, 3.05) is 11.5 Å². The maximum Gasteiger partial charge on any atom is 0.327 e. The van der Waals surface area contributed by atoms with Crippen LogP contribution < -0.4 is 16.4 Å². The number of nitrogens with one attached hydrogen (secondary N) is 2. The highest BCUT2D eigenvalue weighted by atomic mass is 32.2. The number of carboxylic acid groups (broad SMARTS) is 3. The molecular weight excluding hydrogens is 358 g/mol. The summed E-state index contributed by atoms with van der Waals surface area (Å²) < 4.78 is 0. The average molecular weight is 379 g/mol. The molecule has 0 fully saturated rings. The van der Waals surface area contributed by atoms with E-state index in [1.807, 2.05) is 0 Å². The first kappa shape index (κ1) is 22.7. The fraction of sp³-hybridized carbons (Fsp3) is 0.615. The number of carbonyl (C=O) groups excluding carboxylic acids is 2. The third-order valence-corrected chi connectivity index (χ3v) is 4.03. The zero-order chi connectivity index (χ0) is 19.6. The maximum absolute atomic E-state index is 11.8. The number of rotatable bonds is 12. The van der Waals surface area contributed by atoms with Gasteiger partial charge in [0.25, 0.3) is 0 Å². The highest BCUT2D eigenvalue weighted by Crippen LogP contribution is 2.06. The summed E-state index contributed by atoms with van der Waals surface area (Å²) in [6, 6.07) is -3.68. The first-order valence-electron chi connectivity index (χ1n) is 7.12. The van der Waals surface area contributed by atoms with Crippen molar-refractivity contribution in [3.63, 3.8) is 0 Å². The van der Waals surface area contributed by atoms with E-state index in [-0.39, 0.29) is 24.3 Å². The molecule has 0 aliphatic carbocycles. The minimum Gasteiger partial charge on any atom is -0.480 e. The molecule has 0 saturated carbocycles. The lowest BCUT2D eigenvalue weighted by atomic mass is 10.1. The molecule has 0 unspecified atom stereocenters. The van der Waals surface area contributed by atoms with Gasteiger partial charge in [-0.2, -0.15) is 11.8 Å². The minimum atomic E-state index is -1.32. The normalized spacial score (nSPS) is 14.0. The lowest BCUT2D eigenvalue weighted by Crippen LogP contribution is -2.44. The first-order valence-corrected chi connectivity index (χ1v) is 8.28. The lowest BCUT2D eigenvalue weighted by molar-refractivity contribution is -0.143. The summed E-state index contributed by atoms with van der Waals surface area (Å²) >= 11 is 0.953. The molecule has 7 N–H and O–H groups in total. The second-order valence-corrected chi connectivity index (χ2v) is 6.15. The number of amides is 2. The van der Waals surface area contributed by atoms with Gasteiger partial charge < -0.3 is 31.7 Å². The summed E-state index contributed by atoms with van der Waals surface area (Å²) in [5, 5.41) is 31.0. The van der Waals surface area contributed by atoms with E-state index in [9.17, 15) is 24.0 Å². The zero-order valence-electron chi connectivity index (χ0n) is 13.4. The molecule has 11 nitrogen and oxygen atoms in total. The van der Waals surface area contributed by atoms with Crippen molar-refractivity contribution in [1.29, 1.82) is 0 Å². The Kier molecular flexibility index (Phi) is 10.2. The van der Waals surface area contributed by atoms with Gasteiger partial charge >= 0.3 is 17.9 Å². The Morgan fingerprint density at radius 3 is 1.92 bits per heavy atom. The Labute approximate surface area is 147 Å². The third-order valence-electron chi connectivity index (χ3n) is 2.87. The van der Waals surface area contributed by atoms with Gasteiger partial charge in [-0.1, -0.05) is 0 Å². The third kappa shape index (κ3) is 10.2. The van der Waals surface area contributed by atoms with Crippen molar-refractivity contribution in [3.05, 3.63) is 0 Å². The fourth-order valence-electron chi connectivity index (χ4n) is 1.60. The zero-order valence-corrected chi connectivity index (χ0v) is 14.2. The molecule has 0 rings (SSSR count). The minimum absolute atomic E-state index is 0.0292. The van der Waals surface area contributed by atoms with Crippen molar-refractivity contribution >= 4 is 41.5 Å². The number of carbonyl (C=O) groups is 5. The standard InChI is InChI=1S/C13H21N3O8S/c1-6(17)15-8(12(21)22)2-3-10(18)16-9(13(23)24)5-25-4-7(14)11(19)20/h7-9H,2-5,14H2,1H3,(H,15,17)(H,16,18)(H,19,20)(H,21,22)(H,23,24)/t7-,8+,9+/m0/s1. The van der Waals surface area contributed by atoms with Crippen LogP contribution in [-0.2, 0) is 24.0 Å². The van der Waals surface area contributed by atoms with Gasteiger partial charge in [0.05, 0.1) is 0 Å². The Bertz CT molecular complexity index is 527. The Morgan fingerprint density at radius 2 is 1.48 bits per heavy atom. The highest BCUT2D eigenvalue weighted by Gasteiger charge is 2.23. The monoisotopic (exact) mass is 379 g/mol. The summed E-state index contributed by atoms with van der Waals surface area (Å²) in [5.74, 6) is -5.25. The molecule has 0 radical (unpaired) electrons. The van der Waals surface area contributed by atoms with E-state index < -0.39 is 47.8 Å². The molecule has 0 aromatic heterocycles. The highest BCUT2D eigenvalue weighted by molar-refractivity contribution is 7.99. The summed E-state index contributed by atoms with van der Waals surface area (Å²) in [6.45, 7) is 1.13. The molecule has 12 heteroatoms. The van der Waals surface area contributed by atoms with Crippen LogP contribution in [-0.4, -0.2) is 74.7 Å². The van der Waals surface area contributed by atoms with E-state index in [0.29, 0.717) is 0 Å². The van der Waals surface area contributed by atoms with Gasteiger partial charge in [-0.05, 0) is 6.42 Å². The van der Waals surface area contributed by atoms with Crippen LogP contribution in [0.2, 0.25) is 0 Å². The van der Waals surface area contributed by atoms with E-state index in [1.165, 1.54) is 0 Å². The molecule has 142 valence electrons. The summed E-state index contributed by atoms with van der Waals surface area (Å²) in [7, 11) is 0. The number of carboxylic acids is 3. The van der Waals surface area contributed by atoms with Crippen LogP contribution >= 0.6 is 11.8 Å². The van der Waals surface area contributed by atoms with Crippen molar-refractivity contribution in [1.82, 2.24) is 10.6 Å². The second-order valence-electron chi connectivity index (χ2n) is 5.07. The van der Waals surface area contributed by atoms with Crippen LogP contribution in [0.5, 0.6) is 0 Å². The summed E-state index contributed by atoms with van der Waals surface area (Å²) in [4.78, 5) is 55.3. The van der Waals surface area contributed by atoms with Crippen molar-refractivity contribution < 1.29 is 39.3 Å². The molecule has 0 saturated heterocycles. The Balaban J connectivity index is 4.44. The van der Waals surface area contributed by atoms with Gasteiger partial charge in [0, 0.05) is 24.9 Å². The van der Waals surface area contributed by atoms with Gasteiger partial charge in [0.2, 0.25) is 11.8 Å². The molecule has 2 amide bonds. The molecule has 0 heterocycles. The van der Waals surface area contributed by atoms with Crippen molar-refractivity contribution in [2.24, 2.45) is 5.73 Å². The van der Waals surface area contributed by atoms with Crippen LogP contribution in [0.15, 0.2) is 0 Å². The van der Waals surface area contributed by atoms with E-state index in [1.54, 1.807) is 0 Å². The quantitative estimate of drug-likeness (QED) is 0.222. The Morgan fingerprint density at radius 1 is 0.920 bits per heavy atom. The molecule has 25 heavy (non-hydrogen) atoms. The fourth-order valence-corrected chi connectivity index (χ4v) is 2.60. The van der Waals surface area contributed by atoms with E-state index >= 15 is 0 Å². The van der Waals surface area contributed by atoms with Crippen LogP contribution in [0.4, 0.5) is 0 Å².